The fourth-order valence-electron chi connectivity index (χ4n) is 2.21. The number of hydrogen-bond acceptors (Lipinski definition) is 7. The lowest BCUT2D eigenvalue weighted by Gasteiger charge is -2.07. The third-order valence-electron chi connectivity index (χ3n) is 3.54. The molecule has 26 heavy (non-hydrogen) atoms. The van der Waals surface area contributed by atoms with Gasteiger partial charge >= 0.3 is 0 Å². The van der Waals surface area contributed by atoms with Crippen LogP contribution in [0.25, 0.3) is 10.2 Å². The van der Waals surface area contributed by atoms with Crippen molar-refractivity contribution in [3.8, 4) is 11.5 Å². The first-order chi connectivity index (χ1) is 12.6. The Morgan fingerprint density at radius 3 is 2.92 bits per heavy atom. The standard InChI is InChI=1S/C18H17N3O3S2/c1-11(13-9-12(24-2)7-8-15(13)22)20-21-17(23)10-25-18-19-14-5-3-4-6-16(14)26-18/h3-9,22H,10H2,1-2H3,(H,21,23)/b20-11+. The van der Waals surface area contributed by atoms with Gasteiger partial charge in [-0.3, -0.25) is 4.79 Å². The maximum atomic E-state index is 12.0. The molecular formula is C18H17N3O3S2. The summed E-state index contributed by atoms with van der Waals surface area (Å²) in [4.78, 5) is 16.5. The van der Waals surface area contributed by atoms with Crippen LogP contribution < -0.4 is 10.2 Å². The van der Waals surface area contributed by atoms with Crippen LogP contribution in [0, 0.1) is 0 Å². The van der Waals surface area contributed by atoms with Crippen molar-refractivity contribution in [1.29, 1.82) is 0 Å². The quantitative estimate of drug-likeness (QED) is 0.383. The molecule has 134 valence electrons. The summed E-state index contributed by atoms with van der Waals surface area (Å²) in [7, 11) is 1.55. The molecule has 0 atom stereocenters. The molecule has 8 heteroatoms. The molecule has 3 aromatic rings. The van der Waals surface area contributed by atoms with E-state index >= 15 is 0 Å². The molecular weight excluding hydrogens is 370 g/mol. The minimum absolute atomic E-state index is 0.0742. The summed E-state index contributed by atoms with van der Waals surface area (Å²) in [5.41, 5.74) is 4.42. The molecule has 0 aliphatic carbocycles. The topological polar surface area (TPSA) is 83.8 Å². The van der Waals surface area contributed by atoms with Gasteiger partial charge in [0.1, 0.15) is 11.5 Å². The molecule has 6 nitrogen and oxygen atoms in total. The number of carbonyl (C=O) groups is 1. The summed E-state index contributed by atoms with van der Waals surface area (Å²) in [5.74, 6) is 0.645. The van der Waals surface area contributed by atoms with Gasteiger partial charge in [0.2, 0.25) is 0 Å². The normalized spacial score (nSPS) is 11.5. The lowest BCUT2D eigenvalue weighted by atomic mass is 10.1. The number of para-hydroxylation sites is 1. The van der Waals surface area contributed by atoms with Crippen LogP contribution in [0.5, 0.6) is 11.5 Å². The van der Waals surface area contributed by atoms with Crippen molar-refractivity contribution in [3.63, 3.8) is 0 Å². The Morgan fingerprint density at radius 1 is 1.35 bits per heavy atom. The predicted molar refractivity (Wildman–Crippen MR) is 105 cm³/mol. The maximum Gasteiger partial charge on any atom is 0.250 e. The summed E-state index contributed by atoms with van der Waals surface area (Å²) in [5, 5.41) is 14.0. The van der Waals surface area contributed by atoms with Crippen molar-refractivity contribution in [1.82, 2.24) is 10.4 Å². The Balaban J connectivity index is 1.60. The van der Waals surface area contributed by atoms with Crippen molar-refractivity contribution in [2.75, 3.05) is 12.9 Å². The van der Waals surface area contributed by atoms with E-state index in [2.05, 4.69) is 15.5 Å². The highest BCUT2D eigenvalue weighted by Gasteiger charge is 2.09. The summed E-state index contributed by atoms with van der Waals surface area (Å²) < 4.78 is 7.07. The zero-order valence-electron chi connectivity index (χ0n) is 14.2. The second kappa shape index (κ2) is 8.20. The Bertz CT molecular complexity index is 936. The molecule has 2 N–H and O–H groups in total. The number of methoxy groups -OCH3 is 1. The summed E-state index contributed by atoms with van der Waals surface area (Å²) in [6.45, 7) is 1.70. The van der Waals surface area contributed by atoms with E-state index in [9.17, 15) is 9.90 Å². The molecule has 0 bridgehead atoms. The van der Waals surface area contributed by atoms with Crippen molar-refractivity contribution in [2.24, 2.45) is 5.10 Å². The minimum atomic E-state index is -0.240. The average Bonchev–Trinajstić information content (AvgIpc) is 3.08. The number of thioether (sulfide) groups is 1. The number of rotatable bonds is 6. The number of hydrazone groups is 1. The summed E-state index contributed by atoms with van der Waals surface area (Å²) >= 11 is 2.92. The second-order valence-electron chi connectivity index (χ2n) is 5.35. The van der Waals surface area contributed by atoms with Crippen molar-refractivity contribution in [2.45, 2.75) is 11.3 Å². The van der Waals surface area contributed by atoms with Crippen LogP contribution in [0.3, 0.4) is 0 Å². The third-order valence-corrected chi connectivity index (χ3v) is 5.72. The number of phenols is 1. The van der Waals surface area contributed by atoms with Gasteiger partial charge in [-0.15, -0.1) is 11.3 Å². The van der Waals surface area contributed by atoms with Gasteiger partial charge in [0, 0.05) is 5.56 Å². The van der Waals surface area contributed by atoms with Crippen LogP contribution in [-0.4, -0.2) is 34.6 Å². The highest BCUT2D eigenvalue weighted by atomic mass is 32.2. The van der Waals surface area contributed by atoms with Gasteiger partial charge in [0.15, 0.2) is 4.34 Å². The number of ether oxygens (including phenoxy) is 1. The van der Waals surface area contributed by atoms with Gasteiger partial charge in [0.05, 0.1) is 28.8 Å². The third kappa shape index (κ3) is 4.33. The summed E-state index contributed by atoms with van der Waals surface area (Å²) in [6, 6.07) is 12.7. The monoisotopic (exact) mass is 387 g/mol. The zero-order valence-corrected chi connectivity index (χ0v) is 15.9. The lowest BCUT2D eigenvalue weighted by molar-refractivity contribution is -0.118. The Morgan fingerprint density at radius 2 is 2.15 bits per heavy atom. The highest BCUT2D eigenvalue weighted by Crippen LogP contribution is 2.29. The van der Waals surface area contributed by atoms with E-state index in [1.54, 1.807) is 37.5 Å². The number of carbonyl (C=O) groups excluding carboxylic acids is 1. The molecule has 2 aromatic carbocycles. The second-order valence-corrected chi connectivity index (χ2v) is 7.60. The molecule has 1 aromatic heterocycles. The SMILES string of the molecule is COc1ccc(O)c(/C(C)=N/NC(=O)CSc2nc3ccccc3s2)c1. The molecule has 0 spiro atoms. The van der Waals surface area contributed by atoms with Gasteiger partial charge in [0.25, 0.3) is 5.91 Å². The fraction of sp³-hybridized carbons (Fsp3) is 0.167. The molecule has 0 saturated carbocycles. The van der Waals surface area contributed by atoms with E-state index in [4.69, 9.17) is 4.74 Å². The summed E-state index contributed by atoms with van der Waals surface area (Å²) in [6.07, 6.45) is 0. The largest absolute Gasteiger partial charge is 0.507 e. The van der Waals surface area contributed by atoms with Crippen LogP contribution in [0.4, 0.5) is 0 Å². The number of nitrogens with zero attached hydrogens (tertiary/aromatic N) is 2. The van der Waals surface area contributed by atoms with Crippen LogP contribution >= 0.6 is 23.1 Å². The first-order valence-electron chi connectivity index (χ1n) is 7.75. The molecule has 0 saturated heterocycles. The van der Waals surface area contributed by atoms with Crippen LogP contribution in [-0.2, 0) is 4.79 Å². The molecule has 0 aliphatic rings. The van der Waals surface area contributed by atoms with Gasteiger partial charge in [-0.2, -0.15) is 5.10 Å². The number of phenolic OH excluding ortho intramolecular Hbond substituents is 1. The maximum absolute atomic E-state index is 12.0. The zero-order chi connectivity index (χ0) is 18.5. The van der Waals surface area contributed by atoms with Gasteiger partial charge in [-0.1, -0.05) is 23.9 Å². The van der Waals surface area contributed by atoms with Gasteiger partial charge in [-0.05, 0) is 37.3 Å². The number of aromatic nitrogens is 1. The van der Waals surface area contributed by atoms with E-state index in [-0.39, 0.29) is 17.4 Å². The average molecular weight is 387 g/mol. The first kappa shape index (κ1) is 18.2. The molecule has 0 aliphatic heterocycles. The number of hydrogen-bond donors (Lipinski definition) is 2. The number of benzene rings is 2. The first-order valence-corrected chi connectivity index (χ1v) is 9.56. The number of thiazole rings is 1. The molecule has 1 heterocycles. The minimum Gasteiger partial charge on any atom is -0.507 e. The fourth-order valence-corrected chi connectivity index (χ4v) is 4.07. The Kier molecular flexibility index (Phi) is 5.75. The lowest BCUT2D eigenvalue weighted by Crippen LogP contribution is -2.21. The van der Waals surface area contributed by atoms with Gasteiger partial charge < -0.3 is 9.84 Å². The van der Waals surface area contributed by atoms with Crippen LogP contribution in [0.1, 0.15) is 12.5 Å². The van der Waals surface area contributed by atoms with E-state index in [1.807, 2.05) is 24.3 Å². The van der Waals surface area contributed by atoms with Crippen molar-refractivity contribution >= 4 is 44.9 Å². The van der Waals surface area contributed by atoms with E-state index in [0.29, 0.717) is 17.0 Å². The van der Waals surface area contributed by atoms with E-state index in [1.165, 1.54) is 17.8 Å². The van der Waals surface area contributed by atoms with Crippen molar-refractivity contribution in [3.05, 3.63) is 48.0 Å². The number of amides is 1. The highest BCUT2D eigenvalue weighted by molar-refractivity contribution is 8.01. The van der Waals surface area contributed by atoms with Crippen molar-refractivity contribution < 1.29 is 14.6 Å². The molecule has 0 fully saturated rings. The number of fused-ring (bicyclic) bond motifs is 1. The van der Waals surface area contributed by atoms with Crippen LogP contribution in [0.2, 0.25) is 0 Å². The Hall–Kier alpha value is -2.58. The number of nitrogens with one attached hydrogen (secondary N) is 1. The van der Waals surface area contributed by atoms with Gasteiger partial charge in [-0.25, -0.2) is 10.4 Å². The van der Waals surface area contributed by atoms with E-state index < -0.39 is 0 Å². The number of aromatic hydroxyl groups is 1. The predicted octanol–water partition coefficient (Wildman–Crippen LogP) is 3.64. The van der Waals surface area contributed by atoms with Crippen LogP contribution in [0.15, 0.2) is 51.9 Å². The molecule has 1 amide bonds. The molecule has 3 rings (SSSR count). The Labute approximate surface area is 158 Å². The molecule has 0 unspecified atom stereocenters. The van der Waals surface area contributed by atoms with E-state index in [0.717, 1.165) is 14.6 Å². The molecule has 0 radical (unpaired) electrons. The smallest absolute Gasteiger partial charge is 0.250 e.